The summed E-state index contributed by atoms with van der Waals surface area (Å²) in [5.74, 6) is -0.136. The summed E-state index contributed by atoms with van der Waals surface area (Å²) >= 11 is 5.82. The molecule has 0 aromatic carbocycles. The largest absolute Gasteiger partial charge is 0.510 e. The first-order chi connectivity index (χ1) is 6.84. The zero-order valence-electron chi connectivity index (χ0n) is 9.12. The topological polar surface area (TPSA) is 37.3 Å². The molecular weight excluding hydrogens is 228 g/mol. The summed E-state index contributed by atoms with van der Waals surface area (Å²) in [5.41, 5.74) is 0.271. The van der Waals surface area contributed by atoms with Gasteiger partial charge in [0.15, 0.2) is 5.78 Å². The SMILES string of the molecule is C[Si](C)(C)C1[C@@H]2C=C[C@H]1C(=O)C(Cl)=C2O. The Kier molecular flexibility index (Phi) is 2.35. The Morgan fingerprint density at radius 3 is 2.33 bits per heavy atom. The minimum atomic E-state index is -1.47. The maximum Gasteiger partial charge on any atom is 0.184 e. The second-order valence-corrected chi connectivity index (χ2v) is 11.2. The van der Waals surface area contributed by atoms with Crippen LogP contribution in [-0.2, 0) is 4.79 Å². The lowest BCUT2D eigenvalue weighted by Crippen LogP contribution is -2.41. The highest BCUT2D eigenvalue weighted by molar-refractivity contribution is 6.78. The quantitative estimate of drug-likeness (QED) is 0.567. The Bertz CT molecular complexity index is 379. The average molecular weight is 243 g/mol. The molecule has 2 aliphatic rings. The van der Waals surface area contributed by atoms with E-state index in [0.29, 0.717) is 0 Å². The van der Waals surface area contributed by atoms with Crippen molar-refractivity contribution in [2.24, 2.45) is 11.8 Å². The molecule has 0 radical (unpaired) electrons. The fourth-order valence-electron chi connectivity index (χ4n) is 2.71. The van der Waals surface area contributed by atoms with Gasteiger partial charge in [0.2, 0.25) is 0 Å². The van der Waals surface area contributed by atoms with Crippen molar-refractivity contribution < 1.29 is 9.90 Å². The minimum absolute atomic E-state index is 0.0214. The molecule has 1 unspecified atom stereocenters. The van der Waals surface area contributed by atoms with Gasteiger partial charge in [-0.05, 0) is 5.54 Å². The van der Waals surface area contributed by atoms with E-state index in [1.165, 1.54) is 0 Å². The van der Waals surface area contributed by atoms with E-state index < -0.39 is 8.07 Å². The summed E-state index contributed by atoms with van der Waals surface area (Å²) in [6, 6.07) is 0. The predicted octanol–water partition coefficient (Wildman–Crippen LogP) is 3.09. The molecule has 0 aromatic rings. The van der Waals surface area contributed by atoms with Crippen molar-refractivity contribution in [1.82, 2.24) is 0 Å². The molecule has 0 fully saturated rings. The molecule has 2 bridgehead atoms. The second-order valence-electron chi connectivity index (χ2n) is 5.39. The van der Waals surface area contributed by atoms with Gasteiger partial charge < -0.3 is 5.11 Å². The highest BCUT2D eigenvalue weighted by Gasteiger charge is 2.50. The van der Waals surface area contributed by atoms with Gasteiger partial charge in [-0.1, -0.05) is 43.4 Å². The first-order valence-electron chi connectivity index (χ1n) is 5.15. The van der Waals surface area contributed by atoms with E-state index >= 15 is 0 Å². The highest BCUT2D eigenvalue weighted by Crippen LogP contribution is 2.51. The van der Waals surface area contributed by atoms with Gasteiger partial charge in [-0.25, -0.2) is 0 Å². The molecule has 0 aliphatic heterocycles. The summed E-state index contributed by atoms with van der Waals surface area (Å²) in [6.07, 6.45) is 3.86. The normalized spacial score (nSPS) is 35.2. The smallest absolute Gasteiger partial charge is 0.184 e. The third-order valence-electron chi connectivity index (χ3n) is 3.36. The van der Waals surface area contributed by atoms with Crippen molar-refractivity contribution in [3.63, 3.8) is 0 Å². The maximum absolute atomic E-state index is 11.9. The van der Waals surface area contributed by atoms with E-state index in [2.05, 4.69) is 19.6 Å². The highest BCUT2D eigenvalue weighted by atomic mass is 35.5. The Balaban J connectivity index is 2.48. The van der Waals surface area contributed by atoms with Gasteiger partial charge in [0.05, 0.1) is 0 Å². The molecule has 2 aliphatic carbocycles. The zero-order valence-corrected chi connectivity index (χ0v) is 10.9. The van der Waals surface area contributed by atoms with Crippen LogP contribution >= 0.6 is 11.6 Å². The second kappa shape index (κ2) is 3.22. The number of allylic oxidation sites excluding steroid dienone is 3. The molecule has 4 heteroatoms. The fourth-order valence-corrected chi connectivity index (χ4v) is 5.65. The molecule has 1 N–H and O–H groups in total. The van der Waals surface area contributed by atoms with Gasteiger partial charge >= 0.3 is 0 Å². The van der Waals surface area contributed by atoms with Crippen molar-refractivity contribution in [2.75, 3.05) is 0 Å². The van der Waals surface area contributed by atoms with Gasteiger partial charge in [-0.15, -0.1) is 0 Å². The number of halogens is 1. The summed E-state index contributed by atoms with van der Waals surface area (Å²) in [4.78, 5) is 11.9. The van der Waals surface area contributed by atoms with Gasteiger partial charge in [0, 0.05) is 19.9 Å². The molecule has 2 nitrogen and oxygen atoms in total. The van der Waals surface area contributed by atoms with E-state index in [9.17, 15) is 9.90 Å². The van der Waals surface area contributed by atoms with Crippen molar-refractivity contribution in [3.05, 3.63) is 22.9 Å². The molecule has 0 saturated carbocycles. The Morgan fingerprint density at radius 2 is 1.80 bits per heavy atom. The van der Waals surface area contributed by atoms with E-state index in [0.717, 1.165) is 0 Å². The van der Waals surface area contributed by atoms with Crippen LogP contribution < -0.4 is 0 Å². The number of fused-ring (bicyclic) bond motifs is 2. The van der Waals surface area contributed by atoms with Crippen LogP contribution in [0.4, 0.5) is 0 Å². The molecule has 82 valence electrons. The van der Waals surface area contributed by atoms with Gasteiger partial charge in [-0.2, -0.15) is 0 Å². The molecule has 15 heavy (non-hydrogen) atoms. The Morgan fingerprint density at radius 1 is 1.27 bits per heavy atom. The third-order valence-corrected chi connectivity index (χ3v) is 6.46. The fraction of sp³-hybridized carbons (Fsp3) is 0.545. The molecule has 3 atom stereocenters. The number of carbonyl (C=O) groups is 1. The minimum Gasteiger partial charge on any atom is -0.510 e. The Hall–Kier alpha value is -0.543. The number of ketones is 1. The number of Topliss-reactive ketones (excluding diaryl/α,β-unsaturated/α-hetero) is 1. The lowest BCUT2D eigenvalue weighted by atomic mass is 9.90. The summed E-state index contributed by atoms with van der Waals surface area (Å²) < 4.78 is 0. The summed E-state index contributed by atoms with van der Waals surface area (Å²) in [6.45, 7) is 6.68. The van der Waals surface area contributed by atoms with Gasteiger partial charge in [0.1, 0.15) is 10.8 Å². The molecule has 0 amide bonds. The van der Waals surface area contributed by atoms with Crippen LogP contribution in [-0.4, -0.2) is 19.0 Å². The monoisotopic (exact) mass is 242 g/mol. The molecule has 0 heterocycles. The van der Waals surface area contributed by atoms with Crippen molar-refractivity contribution >= 4 is 25.5 Å². The molecule has 2 rings (SSSR count). The predicted molar refractivity (Wildman–Crippen MR) is 63.7 cm³/mol. The summed E-state index contributed by atoms with van der Waals surface area (Å²) in [7, 11) is -1.47. The van der Waals surface area contributed by atoms with E-state index in [1.54, 1.807) is 0 Å². The number of hydrogen-bond acceptors (Lipinski definition) is 2. The maximum atomic E-state index is 11.9. The molecule has 0 aromatic heterocycles. The van der Waals surface area contributed by atoms with Crippen LogP contribution in [0.1, 0.15) is 0 Å². The number of aliphatic hydroxyl groups excluding tert-OH is 1. The van der Waals surface area contributed by atoms with Crippen LogP contribution in [0.5, 0.6) is 0 Å². The van der Waals surface area contributed by atoms with E-state index in [-0.39, 0.29) is 34.0 Å². The average Bonchev–Trinajstić information content (AvgIpc) is 2.52. The van der Waals surface area contributed by atoms with Gasteiger partial charge in [-0.3, -0.25) is 4.79 Å². The number of carbonyl (C=O) groups excluding carboxylic acids is 1. The van der Waals surface area contributed by atoms with Crippen LogP contribution in [0.2, 0.25) is 25.2 Å². The third kappa shape index (κ3) is 1.49. The van der Waals surface area contributed by atoms with Crippen LogP contribution in [0, 0.1) is 11.8 Å². The molecular formula is C11H15ClO2Si. The van der Waals surface area contributed by atoms with Crippen LogP contribution in [0.25, 0.3) is 0 Å². The lowest BCUT2D eigenvalue weighted by Gasteiger charge is -2.37. The number of aliphatic hydroxyl groups is 1. The van der Waals surface area contributed by atoms with Crippen molar-refractivity contribution in [2.45, 2.75) is 25.2 Å². The summed E-state index contributed by atoms with van der Waals surface area (Å²) in [5, 5.41) is 9.91. The lowest BCUT2D eigenvalue weighted by molar-refractivity contribution is -0.118. The van der Waals surface area contributed by atoms with Crippen LogP contribution in [0.3, 0.4) is 0 Å². The van der Waals surface area contributed by atoms with Gasteiger partial charge in [0.25, 0.3) is 0 Å². The van der Waals surface area contributed by atoms with Crippen LogP contribution in [0.15, 0.2) is 22.9 Å². The molecule has 0 saturated heterocycles. The number of rotatable bonds is 1. The van der Waals surface area contributed by atoms with Crippen molar-refractivity contribution in [3.8, 4) is 0 Å². The van der Waals surface area contributed by atoms with E-state index in [4.69, 9.17) is 11.6 Å². The standard InChI is InChI=1S/C11H15ClO2Si/c1-15(2,3)11-6-4-5-7(11)10(14)8(12)9(6)13/h4-7,11,13H,1-3H3/t6-,7+,11?/m1/s1. The van der Waals surface area contributed by atoms with E-state index in [1.807, 2.05) is 12.2 Å². The number of hydrogen-bond donors (Lipinski definition) is 1. The first-order valence-corrected chi connectivity index (χ1v) is 9.10. The zero-order chi connectivity index (χ0) is 11.4. The van der Waals surface area contributed by atoms with Crippen molar-refractivity contribution in [1.29, 1.82) is 0 Å². The first kappa shape index (κ1) is 11.0. The Labute approximate surface area is 95.6 Å². The molecule has 0 spiro atoms.